The molecule has 0 amide bonds. The summed E-state index contributed by atoms with van der Waals surface area (Å²) in [6, 6.07) is 8.64. The van der Waals surface area contributed by atoms with Gasteiger partial charge in [0, 0.05) is 31.4 Å². The highest BCUT2D eigenvalue weighted by atomic mass is 15.2. The number of fused-ring (bicyclic) bond motifs is 1. The Hall–Kier alpha value is -1.02. The van der Waals surface area contributed by atoms with E-state index in [1.165, 1.54) is 11.3 Å². The molecule has 0 saturated carbocycles. The molecule has 1 aliphatic rings. The summed E-state index contributed by atoms with van der Waals surface area (Å²) >= 11 is 0. The number of likely N-dealkylation sites (N-methyl/N-ethyl adjacent to an activating group) is 1. The number of rotatable bonds is 1. The third-order valence-electron chi connectivity index (χ3n) is 3.47. The zero-order valence-electron chi connectivity index (χ0n) is 9.88. The van der Waals surface area contributed by atoms with Gasteiger partial charge in [-0.1, -0.05) is 25.1 Å². The van der Waals surface area contributed by atoms with Crippen LogP contribution in [0, 0.1) is 0 Å². The molecule has 2 nitrogen and oxygen atoms in total. The molecule has 1 heterocycles. The maximum Gasteiger partial charge on any atom is 0.0409 e. The number of nitrogens with zero attached hydrogens (tertiary/aromatic N) is 1. The predicted molar refractivity (Wildman–Crippen MR) is 65.2 cm³/mol. The summed E-state index contributed by atoms with van der Waals surface area (Å²) in [6.07, 6.45) is 1.16. The van der Waals surface area contributed by atoms with E-state index in [4.69, 9.17) is 0 Å². The molecule has 1 aromatic carbocycles. The van der Waals surface area contributed by atoms with Crippen LogP contribution in [0.1, 0.15) is 25.8 Å². The summed E-state index contributed by atoms with van der Waals surface area (Å²) < 4.78 is 0. The van der Waals surface area contributed by atoms with Crippen molar-refractivity contribution in [1.29, 1.82) is 0 Å². The minimum Gasteiger partial charge on any atom is -0.372 e. The summed E-state index contributed by atoms with van der Waals surface area (Å²) in [4.78, 5) is 2.36. The topological polar surface area (TPSA) is 15.3 Å². The first-order chi connectivity index (χ1) is 7.14. The predicted octanol–water partition coefficient (Wildman–Crippen LogP) is 2.39. The molecule has 0 spiro atoms. The van der Waals surface area contributed by atoms with Gasteiger partial charge in [0.2, 0.25) is 0 Å². The maximum absolute atomic E-state index is 3.65. The van der Waals surface area contributed by atoms with Gasteiger partial charge in [0.25, 0.3) is 0 Å². The molecule has 0 bridgehead atoms. The minimum absolute atomic E-state index is 0.230. The van der Waals surface area contributed by atoms with Crippen LogP contribution in [0.25, 0.3) is 0 Å². The molecule has 0 saturated heterocycles. The van der Waals surface area contributed by atoms with Crippen molar-refractivity contribution >= 4 is 5.69 Å². The second-order valence-corrected chi connectivity index (χ2v) is 4.75. The average Bonchev–Trinajstić information content (AvgIpc) is 2.38. The van der Waals surface area contributed by atoms with Crippen molar-refractivity contribution in [1.82, 2.24) is 5.32 Å². The fourth-order valence-electron chi connectivity index (χ4n) is 2.24. The highest BCUT2D eigenvalue weighted by Crippen LogP contribution is 2.26. The molecule has 1 aromatic rings. The average molecular weight is 204 g/mol. The molecule has 0 radical (unpaired) electrons. The molecular formula is C13H20N2. The van der Waals surface area contributed by atoms with E-state index < -0.39 is 0 Å². The number of hydrogen-bond acceptors (Lipinski definition) is 2. The summed E-state index contributed by atoms with van der Waals surface area (Å²) in [7, 11) is 2.18. The van der Waals surface area contributed by atoms with Gasteiger partial charge in [-0.15, -0.1) is 0 Å². The monoisotopic (exact) mass is 204 g/mol. The third kappa shape index (κ3) is 2.00. The number of anilines is 1. The van der Waals surface area contributed by atoms with Crippen LogP contribution in [0.5, 0.6) is 0 Å². The van der Waals surface area contributed by atoms with Crippen molar-refractivity contribution in [3.63, 3.8) is 0 Å². The van der Waals surface area contributed by atoms with Crippen LogP contribution in [-0.4, -0.2) is 19.1 Å². The van der Waals surface area contributed by atoms with E-state index >= 15 is 0 Å². The van der Waals surface area contributed by atoms with Gasteiger partial charge in [0.1, 0.15) is 0 Å². The van der Waals surface area contributed by atoms with Crippen LogP contribution >= 0.6 is 0 Å². The molecule has 0 aliphatic carbocycles. The molecule has 15 heavy (non-hydrogen) atoms. The molecule has 2 rings (SSSR count). The Kier molecular flexibility index (Phi) is 2.70. The lowest BCUT2D eigenvalue weighted by Crippen LogP contribution is -2.47. The van der Waals surface area contributed by atoms with Gasteiger partial charge in [-0.05, 0) is 25.0 Å². The van der Waals surface area contributed by atoms with Crippen molar-refractivity contribution in [3.8, 4) is 0 Å². The summed E-state index contributed by atoms with van der Waals surface area (Å²) in [5, 5.41) is 3.65. The summed E-state index contributed by atoms with van der Waals surface area (Å²) in [6.45, 7) is 6.59. The first kappa shape index (κ1) is 10.5. The molecule has 1 N–H and O–H groups in total. The molecule has 1 unspecified atom stereocenters. The van der Waals surface area contributed by atoms with E-state index in [-0.39, 0.29) is 5.54 Å². The second-order valence-electron chi connectivity index (χ2n) is 4.75. The van der Waals surface area contributed by atoms with Crippen molar-refractivity contribution in [3.05, 3.63) is 29.8 Å². The highest BCUT2D eigenvalue weighted by molar-refractivity contribution is 5.54. The molecule has 0 fully saturated rings. The minimum atomic E-state index is 0.230. The van der Waals surface area contributed by atoms with E-state index in [1.54, 1.807) is 0 Å². The Bertz CT molecular complexity index is 348. The van der Waals surface area contributed by atoms with E-state index in [0.29, 0.717) is 0 Å². The number of benzene rings is 1. The molecular weight excluding hydrogens is 184 g/mol. The number of nitrogens with one attached hydrogen (secondary N) is 1. The van der Waals surface area contributed by atoms with Crippen molar-refractivity contribution < 1.29 is 0 Å². The first-order valence-corrected chi connectivity index (χ1v) is 5.69. The number of para-hydroxylation sites is 1. The fourth-order valence-corrected chi connectivity index (χ4v) is 2.24. The smallest absolute Gasteiger partial charge is 0.0409 e. The Morgan fingerprint density at radius 3 is 2.87 bits per heavy atom. The second kappa shape index (κ2) is 3.86. The molecule has 2 heteroatoms. The van der Waals surface area contributed by atoms with E-state index in [2.05, 4.69) is 55.4 Å². The highest BCUT2D eigenvalue weighted by Gasteiger charge is 2.27. The Balaban J connectivity index is 2.32. The zero-order valence-corrected chi connectivity index (χ0v) is 9.88. The quantitative estimate of drug-likeness (QED) is 0.755. The zero-order chi connectivity index (χ0) is 10.9. The van der Waals surface area contributed by atoms with Gasteiger partial charge in [0.05, 0.1) is 0 Å². The first-order valence-electron chi connectivity index (χ1n) is 5.69. The van der Waals surface area contributed by atoms with Gasteiger partial charge in [-0.25, -0.2) is 0 Å². The van der Waals surface area contributed by atoms with Crippen LogP contribution in [0.2, 0.25) is 0 Å². The van der Waals surface area contributed by atoms with Gasteiger partial charge < -0.3 is 10.2 Å². The van der Waals surface area contributed by atoms with Gasteiger partial charge in [-0.3, -0.25) is 0 Å². The lowest BCUT2D eigenvalue weighted by atomic mass is 9.99. The molecule has 0 aromatic heterocycles. The van der Waals surface area contributed by atoms with Gasteiger partial charge in [0.15, 0.2) is 0 Å². The van der Waals surface area contributed by atoms with Crippen molar-refractivity contribution in [2.24, 2.45) is 0 Å². The Morgan fingerprint density at radius 1 is 1.40 bits per heavy atom. The SMILES string of the molecule is CCC1(C)CN(C)c2ccccc2CN1. The third-order valence-corrected chi connectivity index (χ3v) is 3.47. The largest absolute Gasteiger partial charge is 0.372 e. The van der Waals surface area contributed by atoms with Crippen LogP contribution in [-0.2, 0) is 6.54 Å². The summed E-state index contributed by atoms with van der Waals surface area (Å²) in [5.41, 5.74) is 2.99. The van der Waals surface area contributed by atoms with Crippen molar-refractivity contribution in [2.75, 3.05) is 18.5 Å². The fraction of sp³-hybridized carbons (Fsp3) is 0.538. The Morgan fingerprint density at radius 2 is 2.13 bits per heavy atom. The lowest BCUT2D eigenvalue weighted by Gasteiger charge is -2.31. The Labute approximate surface area is 92.3 Å². The van der Waals surface area contributed by atoms with E-state index in [9.17, 15) is 0 Å². The lowest BCUT2D eigenvalue weighted by molar-refractivity contribution is 0.353. The molecule has 1 aliphatic heterocycles. The van der Waals surface area contributed by atoms with Crippen LogP contribution in [0.15, 0.2) is 24.3 Å². The standard InChI is InChI=1S/C13H20N2/c1-4-13(2)10-15(3)12-8-6-5-7-11(12)9-14-13/h5-8,14H,4,9-10H2,1-3H3. The van der Waals surface area contributed by atoms with E-state index in [1.807, 2.05) is 0 Å². The molecule has 1 atom stereocenters. The normalized spacial score (nSPS) is 25.9. The van der Waals surface area contributed by atoms with Crippen LogP contribution < -0.4 is 10.2 Å². The molecule has 82 valence electrons. The van der Waals surface area contributed by atoms with Crippen LogP contribution in [0.3, 0.4) is 0 Å². The summed E-state index contributed by atoms with van der Waals surface area (Å²) in [5.74, 6) is 0. The maximum atomic E-state index is 3.65. The van der Waals surface area contributed by atoms with Gasteiger partial charge in [-0.2, -0.15) is 0 Å². The van der Waals surface area contributed by atoms with Crippen molar-refractivity contribution in [2.45, 2.75) is 32.4 Å². The number of hydrogen-bond donors (Lipinski definition) is 1. The van der Waals surface area contributed by atoms with Gasteiger partial charge >= 0.3 is 0 Å². The van der Waals surface area contributed by atoms with E-state index in [0.717, 1.165) is 19.5 Å². The van der Waals surface area contributed by atoms with Crippen LogP contribution in [0.4, 0.5) is 5.69 Å².